The highest BCUT2D eigenvalue weighted by Crippen LogP contribution is 2.23. The fourth-order valence-electron chi connectivity index (χ4n) is 2.21. The molecule has 3 rings (SSSR count). The number of benzene rings is 2. The maximum absolute atomic E-state index is 14.3. The van der Waals surface area contributed by atoms with Crippen LogP contribution in [0.3, 0.4) is 0 Å². The number of nitrogens with one attached hydrogen (secondary N) is 2. The van der Waals surface area contributed by atoms with E-state index in [1.54, 1.807) is 0 Å². The summed E-state index contributed by atoms with van der Waals surface area (Å²) in [4.78, 5) is 6.75. The van der Waals surface area contributed by atoms with Crippen molar-refractivity contribution in [3.8, 4) is 0 Å². The van der Waals surface area contributed by atoms with Crippen LogP contribution in [0.5, 0.6) is 0 Å². The highest BCUT2D eigenvalue weighted by atomic mass is 32.2. The van der Waals surface area contributed by atoms with Crippen molar-refractivity contribution in [2.45, 2.75) is 11.4 Å². The third-order valence-electron chi connectivity index (χ3n) is 3.45. The maximum atomic E-state index is 14.3. The molecule has 0 aliphatic heterocycles. The third-order valence-corrected chi connectivity index (χ3v) is 4.61. The van der Waals surface area contributed by atoms with Crippen LogP contribution in [0.15, 0.2) is 53.8 Å². The maximum Gasteiger partial charge on any atom is 0.157 e. The molecule has 0 saturated carbocycles. The first-order valence-electron chi connectivity index (χ1n) is 7.55. The molecule has 0 radical (unpaired) electrons. The van der Waals surface area contributed by atoms with E-state index in [2.05, 4.69) is 20.0 Å². The van der Waals surface area contributed by atoms with Crippen molar-refractivity contribution in [2.75, 3.05) is 10.0 Å². The molecule has 5 nitrogen and oxygen atoms in total. The molecule has 2 aromatic carbocycles. The van der Waals surface area contributed by atoms with Crippen LogP contribution < -0.4 is 10.0 Å². The van der Waals surface area contributed by atoms with E-state index < -0.39 is 39.1 Å². The minimum absolute atomic E-state index is 0.00565. The van der Waals surface area contributed by atoms with Crippen LogP contribution in [0.25, 0.3) is 0 Å². The minimum atomic E-state index is -2.24. The second-order valence-electron chi connectivity index (χ2n) is 5.32. The van der Waals surface area contributed by atoms with Crippen LogP contribution in [0.1, 0.15) is 5.56 Å². The third kappa shape index (κ3) is 4.59. The normalized spacial score (nSPS) is 11.9. The topological polar surface area (TPSA) is 66.9 Å². The Morgan fingerprint density at radius 1 is 0.963 bits per heavy atom. The summed E-state index contributed by atoms with van der Waals surface area (Å²) in [5.74, 6) is -3.30. The summed E-state index contributed by atoms with van der Waals surface area (Å²) in [6.07, 6.45) is 2.56. The number of aromatic nitrogens is 2. The van der Waals surface area contributed by atoms with E-state index in [9.17, 15) is 21.8 Å². The Morgan fingerprint density at radius 3 is 2.37 bits per heavy atom. The zero-order valence-corrected chi connectivity index (χ0v) is 14.4. The Bertz CT molecular complexity index is 965. The second-order valence-corrected chi connectivity index (χ2v) is 6.47. The molecular formula is C17H12F4N4OS. The van der Waals surface area contributed by atoms with Gasteiger partial charge in [-0.1, -0.05) is 0 Å². The summed E-state index contributed by atoms with van der Waals surface area (Å²) in [6.45, 7) is -0.190. The lowest BCUT2D eigenvalue weighted by atomic mass is 10.2. The first-order valence-corrected chi connectivity index (χ1v) is 8.70. The van der Waals surface area contributed by atoms with Crippen LogP contribution in [0, 0.1) is 23.3 Å². The molecule has 10 heteroatoms. The van der Waals surface area contributed by atoms with Crippen molar-refractivity contribution >= 4 is 22.5 Å². The quantitative estimate of drug-likeness (QED) is 0.623. The van der Waals surface area contributed by atoms with Crippen molar-refractivity contribution in [2.24, 2.45) is 0 Å². The van der Waals surface area contributed by atoms with Gasteiger partial charge in [0.05, 0.1) is 0 Å². The first-order chi connectivity index (χ1) is 12.9. The lowest BCUT2D eigenvalue weighted by Gasteiger charge is -2.11. The highest BCUT2D eigenvalue weighted by Gasteiger charge is 2.18. The van der Waals surface area contributed by atoms with E-state index in [1.807, 2.05) is 0 Å². The van der Waals surface area contributed by atoms with E-state index in [0.29, 0.717) is 0 Å². The highest BCUT2D eigenvalue weighted by molar-refractivity contribution is 7.86. The molecular weight excluding hydrogens is 384 g/mol. The molecule has 2 N–H and O–H groups in total. The Morgan fingerprint density at radius 2 is 1.70 bits per heavy atom. The Kier molecular flexibility index (Phi) is 5.65. The molecule has 140 valence electrons. The van der Waals surface area contributed by atoms with Crippen LogP contribution in [0.2, 0.25) is 0 Å². The van der Waals surface area contributed by atoms with Crippen molar-refractivity contribution < 1.29 is 21.8 Å². The zero-order chi connectivity index (χ0) is 19.4. The van der Waals surface area contributed by atoms with E-state index >= 15 is 0 Å². The summed E-state index contributed by atoms with van der Waals surface area (Å²) in [5.41, 5.74) is -0.0228. The summed E-state index contributed by atoms with van der Waals surface area (Å²) in [6, 6.07) is 6.11. The van der Waals surface area contributed by atoms with Gasteiger partial charge in [-0.15, -0.1) is 0 Å². The molecule has 0 saturated heterocycles. The predicted octanol–water partition coefficient (Wildman–Crippen LogP) is 3.78. The molecule has 0 fully saturated rings. The standard InChI is InChI=1S/C17H12F4N4OS/c18-11-1-2-13(19)10(5-11)8-23-12-6-14(20)17(15(21)7-12)27(26)25-16-3-4-22-9-24-16/h1-7,9,23H,8H2,(H,22,24,25). The molecule has 0 spiro atoms. The van der Waals surface area contributed by atoms with Gasteiger partial charge in [-0.05, 0) is 36.4 Å². The fraction of sp³-hybridized carbons (Fsp3) is 0.0588. The lowest BCUT2D eigenvalue weighted by Crippen LogP contribution is -2.11. The first kappa shape index (κ1) is 18.8. The Labute approximate surface area is 154 Å². The Hall–Kier alpha value is -3.01. The SMILES string of the molecule is O=S(Nc1ccncn1)c1c(F)cc(NCc2cc(F)ccc2F)cc1F. The second kappa shape index (κ2) is 8.12. The molecule has 1 heterocycles. The molecule has 1 atom stereocenters. The van der Waals surface area contributed by atoms with Gasteiger partial charge < -0.3 is 5.32 Å². The average Bonchev–Trinajstić information content (AvgIpc) is 2.63. The summed E-state index contributed by atoms with van der Waals surface area (Å²) >= 11 is 0. The minimum Gasteiger partial charge on any atom is -0.381 e. The van der Waals surface area contributed by atoms with E-state index in [0.717, 1.165) is 30.3 Å². The van der Waals surface area contributed by atoms with Gasteiger partial charge in [0.1, 0.15) is 40.3 Å². The molecule has 0 aliphatic rings. The smallest absolute Gasteiger partial charge is 0.157 e. The number of nitrogens with zero attached hydrogens (tertiary/aromatic N) is 2. The molecule has 27 heavy (non-hydrogen) atoms. The number of anilines is 2. The number of hydrogen-bond donors (Lipinski definition) is 2. The number of rotatable bonds is 6. The van der Waals surface area contributed by atoms with Crippen molar-refractivity contribution in [3.63, 3.8) is 0 Å². The number of halogens is 4. The van der Waals surface area contributed by atoms with Gasteiger partial charge in [-0.3, -0.25) is 4.72 Å². The molecule has 0 amide bonds. The van der Waals surface area contributed by atoms with E-state index in [4.69, 9.17) is 0 Å². The van der Waals surface area contributed by atoms with E-state index in [-0.39, 0.29) is 23.6 Å². The van der Waals surface area contributed by atoms with Crippen molar-refractivity contribution in [3.05, 3.63) is 77.8 Å². The molecule has 0 aliphatic carbocycles. The molecule has 1 aromatic heterocycles. The number of hydrogen-bond acceptors (Lipinski definition) is 4. The van der Waals surface area contributed by atoms with Crippen LogP contribution >= 0.6 is 0 Å². The Balaban J connectivity index is 1.76. The average molecular weight is 396 g/mol. The van der Waals surface area contributed by atoms with Gasteiger partial charge in [-0.2, -0.15) is 0 Å². The predicted molar refractivity (Wildman–Crippen MR) is 92.1 cm³/mol. The van der Waals surface area contributed by atoms with Crippen molar-refractivity contribution in [1.29, 1.82) is 0 Å². The van der Waals surface area contributed by atoms with Crippen LogP contribution in [-0.2, 0) is 17.5 Å². The van der Waals surface area contributed by atoms with Gasteiger partial charge in [0.2, 0.25) is 0 Å². The fourth-order valence-corrected chi connectivity index (χ4v) is 3.10. The summed E-state index contributed by atoms with van der Waals surface area (Å²) < 4.78 is 69.8. The van der Waals surface area contributed by atoms with Gasteiger partial charge >= 0.3 is 0 Å². The molecule has 1 unspecified atom stereocenters. The largest absolute Gasteiger partial charge is 0.381 e. The summed E-state index contributed by atoms with van der Waals surface area (Å²) in [5, 5.41) is 2.60. The van der Waals surface area contributed by atoms with Crippen LogP contribution in [-0.4, -0.2) is 14.2 Å². The lowest BCUT2D eigenvalue weighted by molar-refractivity contribution is 0.535. The monoisotopic (exact) mass is 396 g/mol. The van der Waals surface area contributed by atoms with Gasteiger partial charge in [0.25, 0.3) is 0 Å². The molecule has 3 aromatic rings. The summed E-state index contributed by atoms with van der Waals surface area (Å²) in [7, 11) is -2.24. The van der Waals surface area contributed by atoms with Crippen molar-refractivity contribution in [1.82, 2.24) is 9.97 Å². The molecule has 0 bridgehead atoms. The zero-order valence-electron chi connectivity index (χ0n) is 13.5. The van der Waals surface area contributed by atoms with Gasteiger partial charge in [0.15, 0.2) is 11.0 Å². The van der Waals surface area contributed by atoms with Gasteiger partial charge in [-0.25, -0.2) is 31.7 Å². The van der Waals surface area contributed by atoms with E-state index in [1.165, 1.54) is 18.6 Å². The van der Waals surface area contributed by atoms with Crippen LogP contribution in [0.4, 0.5) is 29.1 Å². The van der Waals surface area contributed by atoms with Gasteiger partial charge in [0, 0.05) is 24.0 Å².